The van der Waals surface area contributed by atoms with E-state index in [1.165, 1.54) is 33.6 Å². The minimum Gasteiger partial charge on any atom is -0.422 e. The SMILES string of the molecule is CC1(C)CCN2CCC(C)(C)c3c2c1cc1cc(-c2ccc(-c4ccc(-c5ccc(-c6cc7cc8c9c(c7oc6=O)C(C)(C)CCN9CCC8(C)C)s5)s4)s2)c(=O)oc31. The molecule has 0 saturated carbocycles. The van der Waals surface area contributed by atoms with Crippen LogP contribution in [0.4, 0.5) is 11.4 Å². The van der Waals surface area contributed by atoms with Crippen LogP contribution in [0.5, 0.6) is 0 Å². The lowest BCUT2D eigenvalue weighted by molar-refractivity contribution is 0.398. The number of hydrogen-bond acceptors (Lipinski definition) is 9. The molecule has 4 aliphatic heterocycles. The van der Waals surface area contributed by atoms with Crippen molar-refractivity contribution in [1.82, 2.24) is 0 Å². The zero-order valence-electron chi connectivity index (χ0n) is 35.2. The van der Waals surface area contributed by atoms with Gasteiger partial charge in [0.05, 0.1) is 11.1 Å². The molecule has 2 aromatic carbocycles. The molecule has 0 amide bonds. The van der Waals surface area contributed by atoms with Gasteiger partial charge in [0.25, 0.3) is 0 Å². The number of thiophene rings is 3. The molecule has 5 aromatic heterocycles. The topological polar surface area (TPSA) is 66.9 Å². The van der Waals surface area contributed by atoms with Gasteiger partial charge in [-0.2, -0.15) is 0 Å². The molecule has 0 aliphatic carbocycles. The Balaban J connectivity index is 0.923. The van der Waals surface area contributed by atoms with Crippen molar-refractivity contribution in [1.29, 1.82) is 0 Å². The predicted molar refractivity (Wildman–Crippen MR) is 249 cm³/mol. The Morgan fingerprint density at radius 2 is 0.780 bits per heavy atom. The highest BCUT2D eigenvalue weighted by molar-refractivity contribution is 7.27. The molecule has 0 spiro atoms. The molecule has 0 fully saturated rings. The van der Waals surface area contributed by atoms with Gasteiger partial charge in [0.15, 0.2) is 0 Å². The highest BCUT2D eigenvalue weighted by Gasteiger charge is 2.43. The molecular weight excluding hydrogens is 789 g/mol. The molecule has 6 nitrogen and oxygen atoms in total. The van der Waals surface area contributed by atoms with Gasteiger partial charge in [0, 0.05) is 88.7 Å². The Kier molecular flexibility index (Phi) is 7.99. The normalized spacial score (nSPS) is 19.6. The predicted octanol–water partition coefficient (Wildman–Crippen LogP) is 13.1. The minimum absolute atomic E-state index is 0.0452. The maximum Gasteiger partial charge on any atom is 0.345 e. The Labute approximate surface area is 357 Å². The number of nitrogens with zero attached hydrogens (tertiary/aromatic N) is 2. The highest BCUT2D eigenvalue weighted by atomic mass is 32.1. The second-order valence-electron chi connectivity index (χ2n) is 20.0. The van der Waals surface area contributed by atoms with E-state index in [1.807, 2.05) is 0 Å². The van der Waals surface area contributed by atoms with Crippen LogP contribution in [0.3, 0.4) is 0 Å². The van der Waals surface area contributed by atoms with E-state index in [4.69, 9.17) is 8.83 Å². The number of hydrogen-bond donors (Lipinski definition) is 0. The summed E-state index contributed by atoms with van der Waals surface area (Å²) in [6, 6.07) is 21.4. The van der Waals surface area contributed by atoms with E-state index in [9.17, 15) is 9.59 Å². The molecule has 59 heavy (non-hydrogen) atoms. The Hall–Kier alpha value is -4.44. The van der Waals surface area contributed by atoms with Crippen molar-refractivity contribution in [2.45, 2.75) is 103 Å². The van der Waals surface area contributed by atoms with E-state index in [-0.39, 0.29) is 32.9 Å². The first-order valence-corrected chi connectivity index (χ1v) is 23.6. The molecular formula is C50H50N2O4S3. The van der Waals surface area contributed by atoms with Gasteiger partial charge < -0.3 is 18.6 Å². The summed E-state index contributed by atoms with van der Waals surface area (Å²) < 4.78 is 12.7. The van der Waals surface area contributed by atoms with Gasteiger partial charge in [-0.25, -0.2) is 9.59 Å². The first-order chi connectivity index (χ1) is 28.0. The number of rotatable bonds is 4. The van der Waals surface area contributed by atoms with Gasteiger partial charge in [-0.1, -0.05) is 55.4 Å². The molecule has 302 valence electrons. The summed E-state index contributed by atoms with van der Waals surface area (Å²) in [4.78, 5) is 39.0. The first-order valence-electron chi connectivity index (χ1n) is 21.1. The molecule has 9 heteroatoms. The van der Waals surface area contributed by atoms with Crippen molar-refractivity contribution < 1.29 is 8.83 Å². The maximum atomic E-state index is 13.8. The lowest BCUT2D eigenvalue weighted by Crippen LogP contribution is -2.44. The van der Waals surface area contributed by atoms with Crippen molar-refractivity contribution in [3.8, 4) is 40.4 Å². The van der Waals surface area contributed by atoms with Crippen molar-refractivity contribution in [2.24, 2.45) is 0 Å². The van der Waals surface area contributed by atoms with Gasteiger partial charge in [0.1, 0.15) is 11.2 Å². The molecule has 9 heterocycles. The molecule has 0 bridgehead atoms. The highest BCUT2D eigenvalue weighted by Crippen LogP contribution is 2.54. The summed E-state index contributed by atoms with van der Waals surface area (Å²) in [6.07, 6.45) is 4.28. The lowest BCUT2D eigenvalue weighted by atomic mass is 9.69. The van der Waals surface area contributed by atoms with Crippen LogP contribution in [-0.2, 0) is 21.7 Å². The van der Waals surface area contributed by atoms with Crippen molar-refractivity contribution in [2.75, 3.05) is 36.0 Å². The summed E-state index contributed by atoms with van der Waals surface area (Å²) >= 11 is 4.99. The Morgan fingerprint density at radius 3 is 1.15 bits per heavy atom. The van der Waals surface area contributed by atoms with E-state index in [0.29, 0.717) is 11.1 Å². The van der Waals surface area contributed by atoms with Gasteiger partial charge in [0.2, 0.25) is 0 Å². The Morgan fingerprint density at radius 1 is 0.458 bits per heavy atom. The van der Waals surface area contributed by atoms with Crippen LogP contribution < -0.4 is 21.1 Å². The van der Waals surface area contributed by atoms with Crippen LogP contribution in [0.25, 0.3) is 62.3 Å². The van der Waals surface area contributed by atoms with E-state index < -0.39 is 0 Å². The molecule has 11 rings (SSSR count). The van der Waals surface area contributed by atoms with E-state index in [2.05, 4.69) is 126 Å². The smallest absolute Gasteiger partial charge is 0.345 e. The van der Waals surface area contributed by atoms with Crippen molar-refractivity contribution in [3.05, 3.63) is 104 Å². The van der Waals surface area contributed by atoms with Crippen molar-refractivity contribution in [3.63, 3.8) is 0 Å². The standard InChI is InChI=1S/C50H50N2O4S3/c1-47(2)15-19-51-21-17-49(5,6)39-41(51)31(47)25-27-23-29(45(53)55-43(27)39)33-9-11-35(57-33)37-13-14-38(59-37)36-12-10-34(58-36)30-24-28-26-32-42-40(44(28)56-46(30)54)50(7,8)18-22-52(42)20-16-48(32,3)4/h9-14,23-26H,15-22H2,1-8H3. The fourth-order valence-corrected chi connectivity index (χ4v) is 13.7. The molecule has 4 aliphatic rings. The molecule has 0 atom stereocenters. The molecule has 0 saturated heterocycles. The maximum absolute atomic E-state index is 13.8. The quantitative estimate of drug-likeness (QED) is 0.165. The second kappa shape index (κ2) is 12.6. The minimum atomic E-state index is -0.282. The zero-order chi connectivity index (χ0) is 41.0. The van der Waals surface area contributed by atoms with Crippen LogP contribution in [0.15, 0.2) is 79.1 Å². The summed E-state index contributed by atoms with van der Waals surface area (Å²) in [5.41, 5.74) is 9.76. The van der Waals surface area contributed by atoms with Crippen LogP contribution in [0, 0.1) is 0 Å². The van der Waals surface area contributed by atoms with Crippen LogP contribution >= 0.6 is 34.0 Å². The summed E-state index contributed by atoms with van der Waals surface area (Å²) in [5, 5.41) is 2.02. The van der Waals surface area contributed by atoms with Crippen LogP contribution in [0.1, 0.15) is 103 Å². The summed E-state index contributed by atoms with van der Waals surface area (Å²) in [7, 11) is 0. The fraction of sp³-hybridized carbons (Fsp3) is 0.400. The number of fused-ring (bicyclic) bond motifs is 4. The van der Waals surface area contributed by atoms with Gasteiger partial charge >= 0.3 is 11.3 Å². The van der Waals surface area contributed by atoms with E-state index in [1.54, 1.807) is 34.0 Å². The summed E-state index contributed by atoms with van der Waals surface area (Å²) in [6.45, 7) is 22.7. The van der Waals surface area contributed by atoms with Crippen molar-refractivity contribution >= 4 is 67.3 Å². The van der Waals surface area contributed by atoms with E-state index in [0.717, 1.165) is 103 Å². The van der Waals surface area contributed by atoms with Crippen LogP contribution in [-0.4, -0.2) is 26.2 Å². The molecule has 0 radical (unpaired) electrons. The zero-order valence-corrected chi connectivity index (χ0v) is 37.6. The number of benzene rings is 2. The molecule has 0 N–H and O–H groups in total. The average Bonchev–Trinajstić information content (AvgIpc) is 3.97. The van der Waals surface area contributed by atoms with Crippen LogP contribution in [0.2, 0.25) is 0 Å². The average molecular weight is 839 g/mol. The molecule has 7 aromatic rings. The third-order valence-corrected chi connectivity index (χ3v) is 18.0. The third-order valence-electron chi connectivity index (χ3n) is 14.3. The largest absolute Gasteiger partial charge is 0.422 e. The Bertz CT molecular complexity index is 2830. The van der Waals surface area contributed by atoms with Gasteiger partial charge in [-0.3, -0.25) is 0 Å². The first kappa shape index (κ1) is 37.6. The van der Waals surface area contributed by atoms with E-state index >= 15 is 0 Å². The summed E-state index contributed by atoms with van der Waals surface area (Å²) in [5.74, 6) is 0. The fourth-order valence-electron chi connectivity index (χ4n) is 10.5. The van der Waals surface area contributed by atoms with Gasteiger partial charge in [-0.05, 0) is 119 Å². The second-order valence-corrected chi connectivity index (χ2v) is 23.3. The number of anilines is 2. The lowest BCUT2D eigenvalue weighted by Gasteiger charge is -2.48. The monoisotopic (exact) mass is 838 g/mol. The molecule has 0 unspecified atom stereocenters. The third kappa shape index (κ3) is 5.66. The van der Waals surface area contributed by atoms with Gasteiger partial charge in [-0.15, -0.1) is 34.0 Å².